The summed E-state index contributed by atoms with van der Waals surface area (Å²) in [7, 11) is 1.58. The van der Waals surface area contributed by atoms with E-state index in [-0.39, 0.29) is 17.9 Å². The number of alkyl carbamates (subject to hydrolysis) is 1. The molecule has 1 amide bonds. The van der Waals surface area contributed by atoms with Crippen LogP contribution in [0.5, 0.6) is 11.5 Å². The fourth-order valence-electron chi connectivity index (χ4n) is 3.64. The van der Waals surface area contributed by atoms with Crippen LogP contribution in [0.2, 0.25) is 0 Å². The van der Waals surface area contributed by atoms with E-state index in [9.17, 15) is 14.4 Å². The zero-order valence-corrected chi connectivity index (χ0v) is 19.9. The number of rotatable bonds is 8. The SMILES string of the molecule is CCC(NC(=O)OCc1ccccc1)C(=O)Oc1ccc2c(-c3ccc(OC)cc3)cc(=O)oc2c1. The van der Waals surface area contributed by atoms with Gasteiger partial charge in [0.05, 0.1) is 7.11 Å². The van der Waals surface area contributed by atoms with Crippen LogP contribution < -0.4 is 20.4 Å². The molecule has 0 fully saturated rings. The zero-order chi connectivity index (χ0) is 25.5. The summed E-state index contributed by atoms with van der Waals surface area (Å²) in [6.45, 7) is 1.82. The molecule has 0 radical (unpaired) electrons. The van der Waals surface area contributed by atoms with Gasteiger partial charge in [0.15, 0.2) is 0 Å². The van der Waals surface area contributed by atoms with Gasteiger partial charge in [-0.05, 0) is 47.4 Å². The van der Waals surface area contributed by atoms with Gasteiger partial charge < -0.3 is 23.9 Å². The molecule has 3 aromatic carbocycles. The number of nitrogens with one attached hydrogen (secondary N) is 1. The van der Waals surface area contributed by atoms with Gasteiger partial charge in [-0.1, -0.05) is 49.4 Å². The first kappa shape index (κ1) is 24.5. The summed E-state index contributed by atoms with van der Waals surface area (Å²) in [4.78, 5) is 37.1. The highest BCUT2D eigenvalue weighted by molar-refractivity contribution is 5.94. The van der Waals surface area contributed by atoms with Crippen molar-refractivity contribution in [3.05, 3.63) is 94.8 Å². The molecule has 184 valence electrons. The third-order valence-corrected chi connectivity index (χ3v) is 5.53. The maximum atomic E-state index is 12.7. The Balaban J connectivity index is 1.47. The molecule has 1 heterocycles. The first-order valence-corrected chi connectivity index (χ1v) is 11.4. The average Bonchev–Trinajstić information content (AvgIpc) is 2.90. The fraction of sp³-hybridized carbons (Fsp3) is 0.179. The zero-order valence-electron chi connectivity index (χ0n) is 19.9. The predicted octanol–water partition coefficient (Wildman–Crippen LogP) is 5.08. The summed E-state index contributed by atoms with van der Waals surface area (Å²) in [5.74, 6) is 0.214. The minimum Gasteiger partial charge on any atom is -0.497 e. The number of carbonyl (C=O) groups excluding carboxylic acids is 2. The van der Waals surface area contributed by atoms with E-state index in [4.69, 9.17) is 18.6 Å². The lowest BCUT2D eigenvalue weighted by molar-refractivity contribution is -0.136. The van der Waals surface area contributed by atoms with Gasteiger partial charge in [0.2, 0.25) is 0 Å². The molecule has 8 nitrogen and oxygen atoms in total. The van der Waals surface area contributed by atoms with E-state index in [2.05, 4.69) is 5.32 Å². The van der Waals surface area contributed by atoms with E-state index < -0.39 is 23.7 Å². The lowest BCUT2D eigenvalue weighted by atomic mass is 10.0. The van der Waals surface area contributed by atoms with E-state index >= 15 is 0 Å². The van der Waals surface area contributed by atoms with Crippen LogP contribution in [0.3, 0.4) is 0 Å². The molecule has 4 aromatic rings. The lowest BCUT2D eigenvalue weighted by Gasteiger charge is -2.16. The molecule has 4 rings (SSSR count). The molecule has 8 heteroatoms. The second-order valence-electron chi connectivity index (χ2n) is 7.95. The van der Waals surface area contributed by atoms with E-state index in [1.165, 1.54) is 12.1 Å². The molecular formula is C28H25NO7. The summed E-state index contributed by atoms with van der Waals surface area (Å²) in [5, 5.41) is 3.20. The fourth-order valence-corrected chi connectivity index (χ4v) is 3.64. The van der Waals surface area contributed by atoms with Crippen molar-refractivity contribution in [1.82, 2.24) is 5.32 Å². The number of benzene rings is 3. The molecule has 1 N–H and O–H groups in total. The van der Waals surface area contributed by atoms with Crippen LogP contribution in [0.15, 0.2) is 88.1 Å². The molecule has 1 aromatic heterocycles. The Kier molecular flexibility index (Phi) is 7.65. The van der Waals surface area contributed by atoms with E-state index in [0.717, 1.165) is 11.1 Å². The third kappa shape index (κ3) is 5.90. The molecule has 0 saturated carbocycles. The number of methoxy groups -OCH3 is 1. The summed E-state index contributed by atoms with van der Waals surface area (Å²) in [5.41, 5.74) is 2.04. The van der Waals surface area contributed by atoms with Crippen molar-refractivity contribution < 1.29 is 28.2 Å². The Morgan fingerprint density at radius 3 is 2.36 bits per heavy atom. The molecule has 0 aliphatic heterocycles. The van der Waals surface area contributed by atoms with Crippen LogP contribution >= 0.6 is 0 Å². The molecule has 0 aliphatic carbocycles. The maximum absolute atomic E-state index is 12.7. The minimum atomic E-state index is -0.915. The number of fused-ring (bicyclic) bond motifs is 1. The van der Waals surface area contributed by atoms with Gasteiger partial charge in [0.1, 0.15) is 29.7 Å². The molecule has 36 heavy (non-hydrogen) atoms. The Morgan fingerprint density at radius 1 is 0.944 bits per heavy atom. The van der Waals surface area contributed by atoms with Crippen molar-refractivity contribution in [2.75, 3.05) is 7.11 Å². The van der Waals surface area contributed by atoms with E-state index in [0.29, 0.717) is 23.1 Å². The summed E-state index contributed by atoms with van der Waals surface area (Å²) in [6.07, 6.45) is -0.430. The van der Waals surface area contributed by atoms with Gasteiger partial charge in [0.25, 0.3) is 0 Å². The van der Waals surface area contributed by atoms with Crippen molar-refractivity contribution in [3.63, 3.8) is 0 Å². The molecule has 0 aliphatic rings. The smallest absolute Gasteiger partial charge is 0.408 e. The van der Waals surface area contributed by atoms with Gasteiger partial charge in [0, 0.05) is 17.5 Å². The third-order valence-electron chi connectivity index (χ3n) is 5.53. The summed E-state index contributed by atoms with van der Waals surface area (Å²) >= 11 is 0. The standard InChI is InChI=1S/C28H25NO7/c1-3-24(29-28(32)34-17-18-7-5-4-6-8-18)27(31)35-21-13-14-22-23(16-26(30)36-25(22)15-21)19-9-11-20(33-2)12-10-19/h4-16,24H,3,17H2,1-2H3,(H,29,32). The molecule has 1 atom stereocenters. The topological polar surface area (TPSA) is 104 Å². The lowest BCUT2D eigenvalue weighted by Crippen LogP contribution is -2.42. The second-order valence-corrected chi connectivity index (χ2v) is 7.95. The van der Waals surface area contributed by atoms with Crippen LogP contribution in [0.1, 0.15) is 18.9 Å². The highest BCUT2D eigenvalue weighted by Crippen LogP contribution is 2.30. The molecule has 1 unspecified atom stereocenters. The predicted molar refractivity (Wildman–Crippen MR) is 134 cm³/mol. The van der Waals surface area contributed by atoms with Gasteiger partial charge in [-0.3, -0.25) is 0 Å². The number of esters is 1. The Labute approximate surface area is 207 Å². The Morgan fingerprint density at radius 2 is 1.67 bits per heavy atom. The molecule has 0 spiro atoms. The van der Waals surface area contributed by atoms with E-state index in [1.54, 1.807) is 38.3 Å². The molecule has 0 bridgehead atoms. The van der Waals surface area contributed by atoms with Crippen molar-refractivity contribution in [1.29, 1.82) is 0 Å². The number of carbonyl (C=O) groups is 2. The number of amides is 1. The minimum absolute atomic E-state index is 0.0817. The Hall–Kier alpha value is -4.59. The normalized spacial score (nSPS) is 11.5. The molecule has 0 saturated heterocycles. The van der Waals surface area contributed by atoms with Gasteiger partial charge in [-0.15, -0.1) is 0 Å². The van der Waals surface area contributed by atoms with Crippen LogP contribution in [0.4, 0.5) is 4.79 Å². The highest BCUT2D eigenvalue weighted by Gasteiger charge is 2.22. The largest absolute Gasteiger partial charge is 0.497 e. The number of hydrogen-bond donors (Lipinski definition) is 1. The Bertz CT molecular complexity index is 1410. The first-order valence-electron chi connectivity index (χ1n) is 11.4. The number of hydrogen-bond acceptors (Lipinski definition) is 7. The van der Waals surface area contributed by atoms with Crippen LogP contribution in [0.25, 0.3) is 22.1 Å². The monoisotopic (exact) mass is 487 g/mol. The van der Waals surface area contributed by atoms with Crippen molar-refractivity contribution in [2.45, 2.75) is 26.0 Å². The summed E-state index contributed by atoms with van der Waals surface area (Å²) < 4.78 is 21.2. The maximum Gasteiger partial charge on any atom is 0.408 e. The highest BCUT2D eigenvalue weighted by atomic mass is 16.6. The van der Waals surface area contributed by atoms with Crippen LogP contribution in [-0.2, 0) is 16.1 Å². The quantitative estimate of drug-likeness (QED) is 0.210. The van der Waals surface area contributed by atoms with E-state index in [1.807, 2.05) is 42.5 Å². The average molecular weight is 488 g/mol. The summed E-state index contributed by atoms with van der Waals surface area (Å²) in [6, 6.07) is 21.8. The molecular weight excluding hydrogens is 462 g/mol. The van der Waals surface area contributed by atoms with Gasteiger partial charge in [-0.2, -0.15) is 0 Å². The second kappa shape index (κ2) is 11.2. The van der Waals surface area contributed by atoms with Crippen molar-refractivity contribution in [2.24, 2.45) is 0 Å². The van der Waals surface area contributed by atoms with Crippen molar-refractivity contribution >= 4 is 23.0 Å². The van der Waals surface area contributed by atoms with Crippen LogP contribution in [0, 0.1) is 0 Å². The van der Waals surface area contributed by atoms with Crippen LogP contribution in [-0.4, -0.2) is 25.2 Å². The van der Waals surface area contributed by atoms with Gasteiger partial charge >= 0.3 is 17.7 Å². The number of ether oxygens (including phenoxy) is 3. The van der Waals surface area contributed by atoms with Crippen molar-refractivity contribution in [3.8, 4) is 22.6 Å². The van der Waals surface area contributed by atoms with Gasteiger partial charge in [-0.25, -0.2) is 14.4 Å². The first-order chi connectivity index (χ1) is 17.5.